The molecule has 0 radical (unpaired) electrons. The van der Waals surface area contributed by atoms with Gasteiger partial charge in [0, 0.05) is 23.4 Å². The highest BCUT2D eigenvalue weighted by molar-refractivity contribution is 5.52. The SMILES string of the molecule is COc1cccc(NC(C)c2ccc(OC)cc2OC)c1. The zero-order valence-corrected chi connectivity index (χ0v) is 12.8. The number of benzene rings is 2. The summed E-state index contributed by atoms with van der Waals surface area (Å²) in [5, 5.41) is 3.44. The van der Waals surface area contributed by atoms with Crippen molar-refractivity contribution in [3.05, 3.63) is 48.0 Å². The van der Waals surface area contributed by atoms with E-state index >= 15 is 0 Å². The van der Waals surface area contributed by atoms with Crippen molar-refractivity contribution in [3.63, 3.8) is 0 Å². The monoisotopic (exact) mass is 287 g/mol. The molecule has 4 heteroatoms. The van der Waals surface area contributed by atoms with E-state index in [4.69, 9.17) is 14.2 Å². The van der Waals surface area contributed by atoms with E-state index in [1.54, 1.807) is 21.3 Å². The molecule has 0 aromatic heterocycles. The number of ether oxygens (including phenoxy) is 3. The standard InChI is InChI=1S/C17H21NO3/c1-12(18-13-6-5-7-14(10-13)19-2)16-9-8-15(20-3)11-17(16)21-4/h5-12,18H,1-4H3. The molecule has 1 atom stereocenters. The summed E-state index contributed by atoms with van der Waals surface area (Å²) in [6.45, 7) is 2.09. The van der Waals surface area contributed by atoms with E-state index in [1.807, 2.05) is 42.5 Å². The van der Waals surface area contributed by atoms with Gasteiger partial charge in [0.2, 0.25) is 0 Å². The molecule has 0 saturated carbocycles. The number of methoxy groups -OCH3 is 3. The Balaban J connectivity index is 2.21. The van der Waals surface area contributed by atoms with E-state index < -0.39 is 0 Å². The van der Waals surface area contributed by atoms with Gasteiger partial charge in [-0.15, -0.1) is 0 Å². The predicted molar refractivity (Wildman–Crippen MR) is 84.6 cm³/mol. The van der Waals surface area contributed by atoms with Gasteiger partial charge in [0.1, 0.15) is 17.2 Å². The average molecular weight is 287 g/mol. The van der Waals surface area contributed by atoms with Gasteiger partial charge >= 0.3 is 0 Å². The largest absolute Gasteiger partial charge is 0.497 e. The van der Waals surface area contributed by atoms with E-state index in [0.717, 1.165) is 28.5 Å². The number of anilines is 1. The Labute approximate surface area is 125 Å². The predicted octanol–water partition coefficient (Wildman–Crippen LogP) is 3.89. The van der Waals surface area contributed by atoms with Crippen molar-refractivity contribution < 1.29 is 14.2 Å². The normalized spacial score (nSPS) is 11.6. The molecule has 0 saturated heterocycles. The molecular weight excluding hydrogens is 266 g/mol. The van der Waals surface area contributed by atoms with Gasteiger partial charge in [-0.25, -0.2) is 0 Å². The fraction of sp³-hybridized carbons (Fsp3) is 0.294. The number of hydrogen-bond acceptors (Lipinski definition) is 4. The second kappa shape index (κ2) is 6.88. The Hall–Kier alpha value is -2.36. The molecule has 21 heavy (non-hydrogen) atoms. The van der Waals surface area contributed by atoms with Crippen LogP contribution in [0.2, 0.25) is 0 Å². The maximum Gasteiger partial charge on any atom is 0.127 e. The van der Waals surface area contributed by atoms with Crippen LogP contribution in [0.3, 0.4) is 0 Å². The van der Waals surface area contributed by atoms with Crippen LogP contribution >= 0.6 is 0 Å². The lowest BCUT2D eigenvalue weighted by Crippen LogP contribution is -2.08. The molecule has 0 aliphatic carbocycles. The molecule has 0 spiro atoms. The van der Waals surface area contributed by atoms with E-state index in [2.05, 4.69) is 12.2 Å². The van der Waals surface area contributed by atoms with Gasteiger partial charge in [-0.2, -0.15) is 0 Å². The van der Waals surface area contributed by atoms with Crippen LogP contribution in [0, 0.1) is 0 Å². The summed E-state index contributed by atoms with van der Waals surface area (Å²) < 4.78 is 15.9. The first kappa shape index (κ1) is 15.0. The highest BCUT2D eigenvalue weighted by Gasteiger charge is 2.12. The average Bonchev–Trinajstić information content (AvgIpc) is 2.54. The van der Waals surface area contributed by atoms with Gasteiger partial charge < -0.3 is 19.5 Å². The van der Waals surface area contributed by atoms with Crippen molar-refractivity contribution in [1.82, 2.24) is 0 Å². The van der Waals surface area contributed by atoms with Crippen LogP contribution in [0.25, 0.3) is 0 Å². The first-order valence-corrected chi connectivity index (χ1v) is 6.80. The number of nitrogens with one attached hydrogen (secondary N) is 1. The molecule has 0 amide bonds. The van der Waals surface area contributed by atoms with Crippen LogP contribution in [0.5, 0.6) is 17.2 Å². The molecule has 2 rings (SSSR count). The Kier molecular flexibility index (Phi) is 4.93. The van der Waals surface area contributed by atoms with Gasteiger partial charge in [0.15, 0.2) is 0 Å². The van der Waals surface area contributed by atoms with Crippen LogP contribution < -0.4 is 19.5 Å². The first-order chi connectivity index (χ1) is 10.2. The molecule has 0 fully saturated rings. The fourth-order valence-electron chi connectivity index (χ4n) is 2.22. The summed E-state index contributed by atoms with van der Waals surface area (Å²) >= 11 is 0. The summed E-state index contributed by atoms with van der Waals surface area (Å²) in [6.07, 6.45) is 0. The van der Waals surface area contributed by atoms with Crippen molar-refractivity contribution in [2.45, 2.75) is 13.0 Å². The maximum atomic E-state index is 5.45. The lowest BCUT2D eigenvalue weighted by Gasteiger charge is -2.19. The molecule has 1 N–H and O–H groups in total. The highest BCUT2D eigenvalue weighted by Crippen LogP contribution is 2.31. The number of rotatable bonds is 6. The van der Waals surface area contributed by atoms with Gasteiger partial charge in [0.25, 0.3) is 0 Å². The third kappa shape index (κ3) is 3.60. The lowest BCUT2D eigenvalue weighted by atomic mass is 10.1. The second-order valence-electron chi connectivity index (χ2n) is 4.71. The lowest BCUT2D eigenvalue weighted by molar-refractivity contribution is 0.390. The summed E-state index contributed by atoms with van der Waals surface area (Å²) in [6, 6.07) is 13.8. The second-order valence-corrected chi connectivity index (χ2v) is 4.71. The fourth-order valence-corrected chi connectivity index (χ4v) is 2.22. The van der Waals surface area contributed by atoms with Crippen molar-refractivity contribution in [3.8, 4) is 17.2 Å². The maximum absolute atomic E-state index is 5.45. The summed E-state index contributed by atoms with van der Waals surface area (Å²) in [5.41, 5.74) is 2.07. The molecule has 0 aliphatic rings. The van der Waals surface area contributed by atoms with Crippen LogP contribution in [-0.2, 0) is 0 Å². The third-order valence-electron chi connectivity index (χ3n) is 3.36. The molecule has 2 aromatic carbocycles. The van der Waals surface area contributed by atoms with Crippen LogP contribution in [0.4, 0.5) is 5.69 Å². The molecule has 0 heterocycles. The van der Waals surface area contributed by atoms with Crippen molar-refractivity contribution >= 4 is 5.69 Å². The first-order valence-electron chi connectivity index (χ1n) is 6.80. The molecular formula is C17H21NO3. The summed E-state index contributed by atoms with van der Waals surface area (Å²) in [4.78, 5) is 0. The minimum atomic E-state index is 0.0953. The van der Waals surface area contributed by atoms with Crippen molar-refractivity contribution in [1.29, 1.82) is 0 Å². The van der Waals surface area contributed by atoms with Crippen molar-refractivity contribution in [2.75, 3.05) is 26.6 Å². The summed E-state index contributed by atoms with van der Waals surface area (Å²) in [5.74, 6) is 2.41. The minimum absolute atomic E-state index is 0.0953. The molecule has 2 aromatic rings. The van der Waals surface area contributed by atoms with E-state index in [1.165, 1.54) is 0 Å². The highest BCUT2D eigenvalue weighted by atomic mass is 16.5. The third-order valence-corrected chi connectivity index (χ3v) is 3.36. The Bertz CT molecular complexity index is 598. The number of hydrogen-bond donors (Lipinski definition) is 1. The minimum Gasteiger partial charge on any atom is -0.497 e. The zero-order chi connectivity index (χ0) is 15.2. The van der Waals surface area contributed by atoms with Crippen LogP contribution in [-0.4, -0.2) is 21.3 Å². The summed E-state index contributed by atoms with van der Waals surface area (Å²) in [7, 11) is 4.97. The molecule has 1 unspecified atom stereocenters. The van der Waals surface area contributed by atoms with Gasteiger partial charge in [0.05, 0.1) is 27.4 Å². The zero-order valence-electron chi connectivity index (χ0n) is 12.8. The van der Waals surface area contributed by atoms with E-state index in [9.17, 15) is 0 Å². The molecule has 4 nitrogen and oxygen atoms in total. The smallest absolute Gasteiger partial charge is 0.127 e. The molecule has 0 aliphatic heterocycles. The molecule has 0 bridgehead atoms. The van der Waals surface area contributed by atoms with Gasteiger partial charge in [-0.1, -0.05) is 6.07 Å². The topological polar surface area (TPSA) is 39.7 Å². The van der Waals surface area contributed by atoms with E-state index in [0.29, 0.717) is 0 Å². The Morgan fingerprint density at radius 2 is 1.57 bits per heavy atom. The van der Waals surface area contributed by atoms with Crippen molar-refractivity contribution in [2.24, 2.45) is 0 Å². The van der Waals surface area contributed by atoms with Crippen LogP contribution in [0.1, 0.15) is 18.5 Å². The van der Waals surface area contributed by atoms with Gasteiger partial charge in [-0.3, -0.25) is 0 Å². The quantitative estimate of drug-likeness (QED) is 0.875. The van der Waals surface area contributed by atoms with Crippen LogP contribution in [0.15, 0.2) is 42.5 Å². The van der Waals surface area contributed by atoms with E-state index in [-0.39, 0.29) is 6.04 Å². The Morgan fingerprint density at radius 3 is 2.24 bits per heavy atom. The van der Waals surface area contributed by atoms with Gasteiger partial charge in [-0.05, 0) is 31.2 Å². The molecule has 112 valence electrons. The Morgan fingerprint density at radius 1 is 0.857 bits per heavy atom.